The largest absolute Gasteiger partial charge is 0.495 e. The molecular weight excluding hydrogens is 381 g/mol. The standard InChI is InChI=1S/C13H11Cl2N3O5S/c1-23-11-3-2-8(18(19)20)6-12(11)24(21,22)17-7-4-9(14)13(16)10(15)5-7/h2-6,17H,16H2,1H3. The Morgan fingerprint density at radius 2 is 1.79 bits per heavy atom. The lowest BCUT2D eigenvalue weighted by molar-refractivity contribution is -0.385. The Morgan fingerprint density at radius 3 is 2.29 bits per heavy atom. The highest BCUT2D eigenvalue weighted by molar-refractivity contribution is 7.92. The molecule has 2 aromatic carbocycles. The molecule has 0 unspecified atom stereocenters. The van der Waals surface area contributed by atoms with Gasteiger partial charge in [-0.25, -0.2) is 8.42 Å². The number of methoxy groups -OCH3 is 1. The maximum atomic E-state index is 12.5. The van der Waals surface area contributed by atoms with Gasteiger partial charge in [-0.3, -0.25) is 14.8 Å². The zero-order valence-corrected chi connectivity index (χ0v) is 14.4. The van der Waals surface area contributed by atoms with Crippen LogP contribution in [0.25, 0.3) is 0 Å². The second-order valence-corrected chi connectivity index (χ2v) is 7.02. The van der Waals surface area contributed by atoms with Crippen molar-refractivity contribution < 1.29 is 18.1 Å². The van der Waals surface area contributed by atoms with Gasteiger partial charge in [-0.2, -0.15) is 0 Å². The van der Waals surface area contributed by atoms with Crippen LogP contribution in [0.1, 0.15) is 0 Å². The second kappa shape index (κ2) is 6.71. The fourth-order valence-corrected chi connectivity index (χ4v) is 3.56. The van der Waals surface area contributed by atoms with Gasteiger partial charge in [-0.1, -0.05) is 23.2 Å². The van der Waals surface area contributed by atoms with E-state index in [2.05, 4.69) is 4.72 Å². The highest BCUT2D eigenvalue weighted by Gasteiger charge is 2.23. The molecule has 0 saturated carbocycles. The number of benzene rings is 2. The van der Waals surface area contributed by atoms with E-state index < -0.39 is 25.5 Å². The number of halogens is 2. The number of anilines is 2. The van der Waals surface area contributed by atoms with Crippen molar-refractivity contribution in [2.24, 2.45) is 0 Å². The van der Waals surface area contributed by atoms with Crippen LogP contribution in [-0.4, -0.2) is 20.5 Å². The predicted octanol–water partition coefficient (Wildman–Crippen LogP) is 3.29. The number of non-ortho nitro benzene ring substituents is 1. The molecule has 0 bridgehead atoms. The van der Waals surface area contributed by atoms with E-state index in [1.807, 2.05) is 0 Å². The average molecular weight is 392 g/mol. The molecule has 0 aliphatic carbocycles. The van der Waals surface area contributed by atoms with Gasteiger partial charge in [0.15, 0.2) is 0 Å². The molecular formula is C13H11Cl2N3O5S. The number of hydrogen-bond acceptors (Lipinski definition) is 6. The zero-order chi connectivity index (χ0) is 18.1. The van der Waals surface area contributed by atoms with Gasteiger partial charge >= 0.3 is 0 Å². The number of sulfonamides is 1. The summed E-state index contributed by atoms with van der Waals surface area (Å²) in [5.74, 6) is -0.0549. The van der Waals surface area contributed by atoms with Crippen molar-refractivity contribution in [3.05, 3.63) is 50.5 Å². The molecule has 11 heteroatoms. The average Bonchev–Trinajstić information content (AvgIpc) is 2.51. The Hall–Kier alpha value is -2.23. The van der Waals surface area contributed by atoms with Gasteiger partial charge in [-0.15, -0.1) is 0 Å². The first kappa shape index (κ1) is 18.1. The number of hydrogen-bond donors (Lipinski definition) is 2. The SMILES string of the molecule is COc1ccc([N+](=O)[O-])cc1S(=O)(=O)Nc1cc(Cl)c(N)c(Cl)c1. The zero-order valence-electron chi connectivity index (χ0n) is 12.1. The Bertz CT molecular complexity index is 895. The van der Waals surface area contributed by atoms with Crippen molar-refractivity contribution >= 4 is 50.3 Å². The van der Waals surface area contributed by atoms with Crippen molar-refractivity contribution in [1.29, 1.82) is 0 Å². The fourth-order valence-electron chi connectivity index (χ4n) is 1.84. The maximum Gasteiger partial charge on any atom is 0.271 e. The van der Waals surface area contributed by atoms with E-state index >= 15 is 0 Å². The Labute approximate surface area is 147 Å². The molecule has 2 rings (SSSR count). The minimum absolute atomic E-state index is 0.0489. The summed E-state index contributed by atoms with van der Waals surface area (Å²) < 4.78 is 32.3. The number of ether oxygens (including phenoxy) is 1. The topological polar surface area (TPSA) is 125 Å². The first-order chi connectivity index (χ1) is 11.2. The van der Waals surface area contributed by atoms with E-state index in [4.69, 9.17) is 33.7 Å². The molecule has 0 aliphatic rings. The smallest absolute Gasteiger partial charge is 0.271 e. The van der Waals surface area contributed by atoms with Crippen molar-refractivity contribution in [3.8, 4) is 5.75 Å². The summed E-state index contributed by atoms with van der Waals surface area (Å²) in [5.41, 5.74) is 5.34. The lowest BCUT2D eigenvalue weighted by Crippen LogP contribution is -2.14. The summed E-state index contributed by atoms with van der Waals surface area (Å²) in [5, 5.41) is 11.0. The second-order valence-electron chi connectivity index (χ2n) is 4.55. The minimum atomic E-state index is -4.20. The molecule has 128 valence electrons. The van der Waals surface area contributed by atoms with Gasteiger partial charge in [0.25, 0.3) is 15.7 Å². The number of nitrogens with one attached hydrogen (secondary N) is 1. The van der Waals surface area contributed by atoms with Gasteiger partial charge < -0.3 is 10.5 Å². The summed E-state index contributed by atoms with van der Waals surface area (Å²) >= 11 is 11.7. The third-order valence-electron chi connectivity index (χ3n) is 2.98. The molecule has 24 heavy (non-hydrogen) atoms. The molecule has 0 radical (unpaired) electrons. The summed E-state index contributed by atoms with van der Waals surface area (Å²) in [6.07, 6.45) is 0. The summed E-state index contributed by atoms with van der Waals surface area (Å²) in [7, 11) is -2.95. The lowest BCUT2D eigenvalue weighted by Gasteiger charge is -2.12. The van der Waals surface area contributed by atoms with Crippen molar-refractivity contribution in [3.63, 3.8) is 0 Å². The fraction of sp³-hybridized carbons (Fsp3) is 0.0769. The summed E-state index contributed by atoms with van der Waals surface area (Å²) in [4.78, 5) is 9.75. The molecule has 0 aliphatic heterocycles. The first-order valence-corrected chi connectivity index (χ1v) is 8.49. The van der Waals surface area contributed by atoms with Crippen LogP contribution in [0.2, 0.25) is 10.0 Å². The summed E-state index contributed by atoms with van der Waals surface area (Å²) in [6.45, 7) is 0. The number of nitrogens with zero attached hydrogens (tertiary/aromatic N) is 1. The molecule has 0 fully saturated rings. The Morgan fingerprint density at radius 1 is 1.21 bits per heavy atom. The van der Waals surface area contributed by atoms with Crippen LogP contribution in [0.5, 0.6) is 5.75 Å². The van der Waals surface area contributed by atoms with E-state index in [9.17, 15) is 18.5 Å². The normalized spacial score (nSPS) is 11.1. The number of rotatable bonds is 5. The molecule has 0 spiro atoms. The van der Waals surface area contributed by atoms with Crippen LogP contribution in [0.3, 0.4) is 0 Å². The number of nitro benzene ring substituents is 1. The molecule has 0 aromatic heterocycles. The third-order valence-corrected chi connectivity index (χ3v) is 5.01. The van der Waals surface area contributed by atoms with E-state index in [1.54, 1.807) is 0 Å². The molecule has 8 nitrogen and oxygen atoms in total. The number of nitrogen functional groups attached to an aromatic ring is 1. The monoisotopic (exact) mass is 391 g/mol. The molecule has 0 amide bonds. The van der Waals surface area contributed by atoms with Gasteiger partial charge in [0.1, 0.15) is 10.6 Å². The van der Waals surface area contributed by atoms with Crippen LogP contribution in [0.15, 0.2) is 35.2 Å². The van der Waals surface area contributed by atoms with Crippen LogP contribution in [0, 0.1) is 10.1 Å². The van der Waals surface area contributed by atoms with E-state index in [0.29, 0.717) is 0 Å². The molecule has 3 N–H and O–H groups in total. The van der Waals surface area contributed by atoms with Crippen molar-refractivity contribution in [2.45, 2.75) is 4.90 Å². The third kappa shape index (κ3) is 3.64. The molecule has 0 heterocycles. The lowest BCUT2D eigenvalue weighted by atomic mass is 10.3. The first-order valence-electron chi connectivity index (χ1n) is 6.25. The minimum Gasteiger partial charge on any atom is -0.495 e. The predicted molar refractivity (Wildman–Crippen MR) is 91.3 cm³/mol. The molecule has 0 saturated heterocycles. The van der Waals surface area contributed by atoms with Gasteiger partial charge in [-0.05, 0) is 18.2 Å². The number of nitrogens with two attached hydrogens (primary N) is 1. The van der Waals surface area contributed by atoms with E-state index in [1.165, 1.54) is 25.3 Å². The highest BCUT2D eigenvalue weighted by Crippen LogP contribution is 2.34. The number of nitro groups is 1. The maximum absolute atomic E-state index is 12.5. The van der Waals surface area contributed by atoms with Crippen LogP contribution >= 0.6 is 23.2 Å². The molecule has 2 aromatic rings. The molecule has 0 atom stereocenters. The van der Waals surface area contributed by atoms with Crippen molar-refractivity contribution in [2.75, 3.05) is 17.6 Å². The van der Waals surface area contributed by atoms with E-state index in [-0.39, 0.29) is 27.2 Å². The Kier molecular flexibility index (Phi) is 5.07. The Balaban J connectivity index is 2.51. The van der Waals surface area contributed by atoms with Gasteiger partial charge in [0.05, 0.1) is 33.5 Å². The van der Waals surface area contributed by atoms with E-state index in [0.717, 1.165) is 12.1 Å². The van der Waals surface area contributed by atoms with Crippen LogP contribution < -0.4 is 15.2 Å². The van der Waals surface area contributed by atoms with Crippen LogP contribution in [0.4, 0.5) is 17.1 Å². The summed E-state index contributed by atoms with van der Waals surface area (Å²) in [6, 6.07) is 5.75. The quantitative estimate of drug-likeness (QED) is 0.457. The highest BCUT2D eigenvalue weighted by atomic mass is 35.5. The van der Waals surface area contributed by atoms with Crippen LogP contribution in [-0.2, 0) is 10.0 Å². The van der Waals surface area contributed by atoms with Gasteiger partial charge in [0.2, 0.25) is 0 Å². The van der Waals surface area contributed by atoms with Crippen molar-refractivity contribution in [1.82, 2.24) is 0 Å². The van der Waals surface area contributed by atoms with Gasteiger partial charge in [0, 0.05) is 12.1 Å².